The van der Waals surface area contributed by atoms with E-state index in [-0.39, 0.29) is 12.3 Å². The van der Waals surface area contributed by atoms with Gasteiger partial charge >= 0.3 is 0 Å². The number of primary amides is 1. The fraction of sp³-hybridized carbons (Fsp3) is 0.833. The Morgan fingerprint density at radius 3 is 2.00 bits per heavy atom. The molecule has 0 bridgehead atoms. The molecule has 0 aliphatic rings. The first-order chi connectivity index (χ1) is 13.2. The quantitative estimate of drug-likeness (QED) is 0.399. The van der Waals surface area contributed by atoms with Gasteiger partial charge in [0, 0.05) is 12.6 Å². The van der Waals surface area contributed by atoms with Crippen molar-refractivity contribution in [3.63, 3.8) is 0 Å². The smallest absolute Gasteiger partial charge is 0.219 e. The van der Waals surface area contributed by atoms with Crippen LogP contribution < -0.4 is 5.73 Å². The molecule has 1 heterocycles. The van der Waals surface area contributed by atoms with Crippen molar-refractivity contribution >= 4 is 5.91 Å². The lowest BCUT2D eigenvalue weighted by atomic mass is 10.3. The maximum absolute atomic E-state index is 10.5. The minimum atomic E-state index is -0.362. The zero-order chi connectivity index (χ0) is 20.2. The Hall–Kier alpha value is -1.55. The monoisotopic (exact) mass is 388 g/mol. The third kappa shape index (κ3) is 16.4. The third-order valence-corrected chi connectivity index (χ3v) is 3.17. The maximum atomic E-state index is 10.5. The predicted octanol–water partition coefficient (Wildman–Crippen LogP) is 1.20. The molecule has 0 saturated heterocycles. The minimum Gasteiger partial charge on any atom is -0.379 e. The lowest BCUT2D eigenvalue weighted by Crippen LogP contribution is -2.16. The van der Waals surface area contributed by atoms with Gasteiger partial charge in [0.05, 0.1) is 65.1 Å². The van der Waals surface area contributed by atoms with Gasteiger partial charge < -0.3 is 24.7 Å². The number of ether oxygens (including phenoxy) is 4. The van der Waals surface area contributed by atoms with E-state index in [1.807, 2.05) is 20.0 Å². The highest BCUT2D eigenvalue weighted by Crippen LogP contribution is 1.97. The second-order valence-corrected chi connectivity index (χ2v) is 5.39. The first-order valence-corrected chi connectivity index (χ1v) is 9.70. The second kappa shape index (κ2) is 19.2. The molecule has 0 radical (unpaired) electrons. The van der Waals surface area contributed by atoms with Crippen LogP contribution >= 0.6 is 0 Å². The Kier molecular flexibility index (Phi) is 18.1. The summed E-state index contributed by atoms with van der Waals surface area (Å²) in [4.78, 5) is 10.5. The summed E-state index contributed by atoms with van der Waals surface area (Å²) < 4.78 is 23.2. The predicted molar refractivity (Wildman–Crippen MR) is 102 cm³/mol. The summed E-state index contributed by atoms with van der Waals surface area (Å²) in [6, 6.07) is 0. The summed E-state index contributed by atoms with van der Waals surface area (Å²) in [6.45, 7) is 10.7. The van der Waals surface area contributed by atoms with Crippen molar-refractivity contribution in [3.8, 4) is 0 Å². The Balaban J connectivity index is 0.00000326. The summed E-state index contributed by atoms with van der Waals surface area (Å²) >= 11 is 0. The highest BCUT2D eigenvalue weighted by molar-refractivity contribution is 5.73. The number of carbonyl (C=O) groups excluding carboxylic acids is 1. The molecule has 0 fully saturated rings. The number of carbonyl (C=O) groups is 1. The Morgan fingerprint density at radius 1 is 0.963 bits per heavy atom. The summed E-state index contributed by atoms with van der Waals surface area (Å²) in [7, 11) is 0. The van der Waals surface area contributed by atoms with Gasteiger partial charge in [-0.25, -0.2) is 4.68 Å². The molecule has 0 atom stereocenters. The van der Waals surface area contributed by atoms with E-state index in [4.69, 9.17) is 24.7 Å². The Bertz CT molecular complexity index is 457. The lowest BCUT2D eigenvalue weighted by molar-refractivity contribution is -0.119. The van der Waals surface area contributed by atoms with Gasteiger partial charge in [0.1, 0.15) is 0 Å². The Morgan fingerprint density at radius 2 is 1.48 bits per heavy atom. The van der Waals surface area contributed by atoms with Crippen molar-refractivity contribution in [1.29, 1.82) is 0 Å². The number of amides is 1. The summed E-state index contributed by atoms with van der Waals surface area (Å²) in [6.07, 6.45) is 4.22. The molecule has 9 heteroatoms. The number of rotatable bonds is 17. The molecular formula is C18H36N4O5. The molecule has 1 aromatic heterocycles. The largest absolute Gasteiger partial charge is 0.379 e. The maximum Gasteiger partial charge on any atom is 0.219 e. The number of hydrogen-bond donors (Lipinski definition) is 1. The average molecular weight is 389 g/mol. The van der Waals surface area contributed by atoms with E-state index < -0.39 is 0 Å². The molecule has 1 amide bonds. The van der Waals surface area contributed by atoms with Crippen LogP contribution in [0, 0.1) is 0 Å². The Labute approximate surface area is 162 Å². The molecule has 0 aromatic carbocycles. The molecule has 1 rings (SSSR count). The first kappa shape index (κ1) is 25.4. The first-order valence-electron chi connectivity index (χ1n) is 9.70. The molecular weight excluding hydrogens is 352 g/mol. The van der Waals surface area contributed by atoms with Gasteiger partial charge in [-0.1, -0.05) is 32.4 Å². The highest BCUT2D eigenvalue weighted by Gasteiger charge is 1.99. The van der Waals surface area contributed by atoms with Crippen LogP contribution in [0.15, 0.2) is 6.20 Å². The second-order valence-electron chi connectivity index (χ2n) is 5.39. The van der Waals surface area contributed by atoms with Crippen LogP contribution in [0.4, 0.5) is 0 Å². The zero-order valence-corrected chi connectivity index (χ0v) is 17.0. The molecule has 1 aromatic rings. The summed E-state index contributed by atoms with van der Waals surface area (Å²) in [5, 5.41) is 8.13. The van der Waals surface area contributed by atoms with Crippen LogP contribution in [0.3, 0.4) is 0 Å². The summed E-state index contributed by atoms with van der Waals surface area (Å²) in [5.41, 5.74) is 6.01. The van der Waals surface area contributed by atoms with Crippen molar-refractivity contribution in [1.82, 2.24) is 15.0 Å². The van der Waals surface area contributed by atoms with Crippen LogP contribution in [-0.2, 0) is 36.7 Å². The van der Waals surface area contributed by atoms with Crippen LogP contribution in [0.25, 0.3) is 0 Å². The number of nitrogens with zero attached hydrogens (tertiary/aromatic N) is 3. The minimum absolute atomic E-state index is 0.236. The van der Waals surface area contributed by atoms with Gasteiger partial charge in [-0.15, -0.1) is 5.10 Å². The lowest BCUT2D eigenvalue weighted by Gasteiger charge is -2.07. The van der Waals surface area contributed by atoms with E-state index in [9.17, 15) is 4.79 Å². The van der Waals surface area contributed by atoms with Crippen LogP contribution in [-0.4, -0.2) is 73.8 Å². The van der Waals surface area contributed by atoms with E-state index in [1.165, 1.54) is 0 Å². The zero-order valence-electron chi connectivity index (χ0n) is 17.0. The molecule has 0 aliphatic heterocycles. The molecule has 0 saturated carbocycles. The van der Waals surface area contributed by atoms with Crippen molar-refractivity contribution in [3.05, 3.63) is 11.9 Å². The van der Waals surface area contributed by atoms with E-state index in [0.717, 1.165) is 18.5 Å². The molecule has 2 N–H and O–H groups in total. The van der Waals surface area contributed by atoms with E-state index in [0.29, 0.717) is 59.4 Å². The molecule has 27 heavy (non-hydrogen) atoms. The SMILES string of the molecule is CC.CCCc1cn(CCOCCOCCOCCOCCC(N)=O)nn1. The number of aromatic nitrogens is 3. The number of aryl methyl sites for hydroxylation is 1. The van der Waals surface area contributed by atoms with Gasteiger partial charge in [-0.2, -0.15) is 0 Å². The van der Waals surface area contributed by atoms with Gasteiger partial charge in [0.2, 0.25) is 5.91 Å². The fourth-order valence-electron chi connectivity index (χ4n) is 1.91. The van der Waals surface area contributed by atoms with E-state index in [1.54, 1.807) is 4.68 Å². The van der Waals surface area contributed by atoms with Crippen LogP contribution in [0.1, 0.15) is 39.3 Å². The van der Waals surface area contributed by atoms with Crippen molar-refractivity contribution in [2.45, 2.75) is 46.6 Å². The highest BCUT2D eigenvalue weighted by atomic mass is 16.6. The molecule has 0 unspecified atom stereocenters. The summed E-state index contributed by atoms with van der Waals surface area (Å²) in [5.74, 6) is -0.362. The molecule has 158 valence electrons. The van der Waals surface area contributed by atoms with Crippen LogP contribution in [0.5, 0.6) is 0 Å². The van der Waals surface area contributed by atoms with Crippen molar-refractivity contribution in [2.75, 3.05) is 52.9 Å². The van der Waals surface area contributed by atoms with Gasteiger partial charge in [-0.05, 0) is 6.42 Å². The van der Waals surface area contributed by atoms with Crippen molar-refractivity contribution < 1.29 is 23.7 Å². The van der Waals surface area contributed by atoms with E-state index in [2.05, 4.69) is 17.2 Å². The molecule has 0 aliphatic carbocycles. The third-order valence-electron chi connectivity index (χ3n) is 3.17. The molecule has 9 nitrogen and oxygen atoms in total. The van der Waals surface area contributed by atoms with E-state index >= 15 is 0 Å². The van der Waals surface area contributed by atoms with Crippen LogP contribution in [0.2, 0.25) is 0 Å². The average Bonchev–Trinajstić information content (AvgIpc) is 3.11. The fourth-order valence-corrected chi connectivity index (χ4v) is 1.91. The van der Waals surface area contributed by atoms with Crippen molar-refractivity contribution in [2.24, 2.45) is 5.73 Å². The molecule has 0 spiro atoms. The van der Waals surface area contributed by atoms with Gasteiger partial charge in [0.25, 0.3) is 0 Å². The number of hydrogen-bond acceptors (Lipinski definition) is 7. The van der Waals surface area contributed by atoms with Gasteiger partial charge in [0.15, 0.2) is 0 Å². The number of nitrogens with two attached hydrogens (primary N) is 1. The normalized spacial score (nSPS) is 10.5. The standard InChI is InChI=1S/C16H30N4O5.C2H6/c1-2-3-15-14-20(19-18-15)5-7-23-9-11-25-13-12-24-10-8-22-6-4-16(17)21;1-2/h14H,2-13H2,1H3,(H2,17,21);1-2H3. The van der Waals surface area contributed by atoms with Gasteiger partial charge in [-0.3, -0.25) is 4.79 Å². The topological polar surface area (TPSA) is 111 Å².